The van der Waals surface area contributed by atoms with Crippen molar-refractivity contribution in [1.29, 1.82) is 0 Å². The molecular formula is C19H21N3O5S. The van der Waals surface area contributed by atoms with Crippen molar-refractivity contribution < 1.29 is 18.1 Å². The van der Waals surface area contributed by atoms with Gasteiger partial charge in [0.1, 0.15) is 6.54 Å². The lowest BCUT2D eigenvalue weighted by molar-refractivity contribution is -0.384. The highest BCUT2D eigenvalue weighted by Gasteiger charge is 2.26. The van der Waals surface area contributed by atoms with Gasteiger partial charge >= 0.3 is 0 Å². The van der Waals surface area contributed by atoms with Gasteiger partial charge in [0.05, 0.1) is 22.9 Å². The smallest absolute Gasteiger partial charge is 0.271 e. The Balaban J connectivity index is 1.80. The van der Waals surface area contributed by atoms with Gasteiger partial charge in [-0.3, -0.25) is 19.2 Å². The van der Waals surface area contributed by atoms with Gasteiger partial charge in [-0.05, 0) is 36.5 Å². The van der Waals surface area contributed by atoms with Crippen LogP contribution in [0, 0.1) is 10.1 Å². The fraction of sp³-hybridized carbons (Fsp3) is 0.316. The van der Waals surface area contributed by atoms with Crippen LogP contribution in [0.1, 0.15) is 30.0 Å². The Morgan fingerprint density at radius 1 is 1.25 bits per heavy atom. The van der Waals surface area contributed by atoms with Crippen molar-refractivity contribution >= 4 is 27.3 Å². The summed E-state index contributed by atoms with van der Waals surface area (Å²) in [4.78, 5) is 23.0. The highest BCUT2D eigenvalue weighted by molar-refractivity contribution is 7.92. The summed E-state index contributed by atoms with van der Waals surface area (Å²) in [6, 6.07) is 12.9. The average Bonchev–Trinajstić information content (AvgIpc) is 2.65. The molecule has 1 N–H and O–H groups in total. The third kappa shape index (κ3) is 4.48. The Morgan fingerprint density at radius 3 is 2.71 bits per heavy atom. The molecule has 0 unspecified atom stereocenters. The quantitative estimate of drug-likeness (QED) is 0.589. The first-order valence-corrected chi connectivity index (χ1v) is 10.7. The maximum Gasteiger partial charge on any atom is 0.271 e. The number of carbonyl (C=O) groups is 1. The van der Waals surface area contributed by atoms with E-state index < -0.39 is 27.4 Å². The highest BCUT2D eigenvalue weighted by Crippen LogP contribution is 2.29. The lowest BCUT2D eigenvalue weighted by Gasteiger charge is -2.28. The Labute approximate surface area is 163 Å². The van der Waals surface area contributed by atoms with Gasteiger partial charge in [0.25, 0.3) is 5.69 Å². The summed E-state index contributed by atoms with van der Waals surface area (Å²) in [6.07, 6.45) is 3.63. The van der Waals surface area contributed by atoms with Crippen molar-refractivity contribution in [2.24, 2.45) is 0 Å². The van der Waals surface area contributed by atoms with E-state index in [1.54, 1.807) is 0 Å². The zero-order chi connectivity index (χ0) is 20.3. The Bertz CT molecular complexity index is 1010. The number of hydrogen-bond donors (Lipinski definition) is 1. The number of nitrogens with one attached hydrogen (secondary N) is 1. The van der Waals surface area contributed by atoms with Crippen LogP contribution in [0.4, 0.5) is 11.4 Å². The van der Waals surface area contributed by atoms with Gasteiger partial charge < -0.3 is 5.32 Å². The molecule has 148 valence electrons. The number of hydrogen-bond acceptors (Lipinski definition) is 5. The van der Waals surface area contributed by atoms with E-state index in [9.17, 15) is 23.3 Å². The number of amides is 1. The van der Waals surface area contributed by atoms with Gasteiger partial charge in [0.15, 0.2) is 0 Å². The minimum atomic E-state index is -3.81. The number of carbonyl (C=O) groups excluding carboxylic acids is 1. The number of fused-ring (bicyclic) bond motifs is 1. The second kappa shape index (κ2) is 7.97. The molecule has 1 aliphatic rings. The molecule has 1 aliphatic carbocycles. The van der Waals surface area contributed by atoms with Crippen LogP contribution in [-0.4, -0.2) is 32.0 Å². The lowest BCUT2D eigenvalue weighted by atomic mass is 9.88. The number of aryl methyl sites for hydroxylation is 1. The maximum atomic E-state index is 12.6. The average molecular weight is 403 g/mol. The zero-order valence-corrected chi connectivity index (χ0v) is 16.2. The molecule has 0 bridgehead atoms. The van der Waals surface area contributed by atoms with E-state index in [4.69, 9.17) is 0 Å². The van der Waals surface area contributed by atoms with Crippen LogP contribution in [0.15, 0.2) is 48.5 Å². The zero-order valence-electron chi connectivity index (χ0n) is 15.4. The SMILES string of the molecule is CS(=O)(=O)N(CC(=O)N[C@H]1CCCc2ccccc21)c1cccc([N+](=O)[O-])c1. The van der Waals surface area contributed by atoms with Crippen molar-refractivity contribution in [3.05, 3.63) is 69.8 Å². The van der Waals surface area contributed by atoms with Gasteiger partial charge in [0.2, 0.25) is 15.9 Å². The summed E-state index contributed by atoms with van der Waals surface area (Å²) < 4.78 is 25.3. The van der Waals surface area contributed by atoms with Crippen molar-refractivity contribution in [2.75, 3.05) is 17.1 Å². The van der Waals surface area contributed by atoms with E-state index in [2.05, 4.69) is 5.32 Å². The fourth-order valence-corrected chi connectivity index (χ4v) is 4.28. The molecule has 0 aromatic heterocycles. The Hall–Kier alpha value is -2.94. The third-order valence-electron chi connectivity index (χ3n) is 4.72. The van der Waals surface area contributed by atoms with E-state index in [-0.39, 0.29) is 17.4 Å². The molecule has 9 heteroatoms. The van der Waals surface area contributed by atoms with Crippen LogP contribution in [0.3, 0.4) is 0 Å². The molecule has 3 rings (SSSR count). The van der Waals surface area contributed by atoms with Crippen LogP contribution in [0.5, 0.6) is 0 Å². The molecule has 1 atom stereocenters. The number of nitrogens with zero attached hydrogens (tertiary/aromatic N) is 2. The second-order valence-electron chi connectivity index (χ2n) is 6.76. The number of rotatable bonds is 6. The predicted octanol–water partition coefficient (Wildman–Crippen LogP) is 2.55. The molecule has 2 aromatic carbocycles. The van der Waals surface area contributed by atoms with Crippen molar-refractivity contribution in [3.63, 3.8) is 0 Å². The normalized spacial score (nSPS) is 16.1. The van der Waals surface area contributed by atoms with E-state index in [0.29, 0.717) is 0 Å². The fourth-order valence-electron chi connectivity index (χ4n) is 3.44. The van der Waals surface area contributed by atoms with Crippen LogP contribution in [0.25, 0.3) is 0 Å². The molecule has 2 aromatic rings. The molecule has 28 heavy (non-hydrogen) atoms. The van der Waals surface area contributed by atoms with Crippen LogP contribution in [-0.2, 0) is 21.2 Å². The first-order valence-electron chi connectivity index (χ1n) is 8.85. The van der Waals surface area contributed by atoms with E-state index in [1.165, 1.54) is 23.8 Å². The van der Waals surface area contributed by atoms with Gasteiger partial charge in [0, 0.05) is 12.1 Å². The molecule has 0 fully saturated rings. The van der Waals surface area contributed by atoms with Gasteiger partial charge in [-0.2, -0.15) is 0 Å². The highest BCUT2D eigenvalue weighted by atomic mass is 32.2. The largest absolute Gasteiger partial charge is 0.348 e. The molecule has 0 saturated heterocycles. The van der Waals surface area contributed by atoms with E-state index in [0.717, 1.165) is 41.5 Å². The molecule has 8 nitrogen and oxygen atoms in total. The Kier molecular flexibility index (Phi) is 5.64. The third-order valence-corrected chi connectivity index (χ3v) is 5.86. The van der Waals surface area contributed by atoms with Crippen molar-refractivity contribution in [3.8, 4) is 0 Å². The second-order valence-corrected chi connectivity index (χ2v) is 8.66. The number of sulfonamides is 1. The molecule has 0 heterocycles. The first kappa shape index (κ1) is 19.8. The van der Waals surface area contributed by atoms with E-state index in [1.807, 2.05) is 24.3 Å². The van der Waals surface area contributed by atoms with Crippen LogP contribution >= 0.6 is 0 Å². The van der Waals surface area contributed by atoms with E-state index >= 15 is 0 Å². The predicted molar refractivity (Wildman–Crippen MR) is 106 cm³/mol. The van der Waals surface area contributed by atoms with Crippen molar-refractivity contribution in [1.82, 2.24) is 5.32 Å². The molecule has 0 saturated carbocycles. The van der Waals surface area contributed by atoms with Gasteiger partial charge in [-0.1, -0.05) is 30.3 Å². The molecule has 1 amide bonds. The topological polar surface area (TPSA) is 110 Å². The van der Waals surface area contributed by atoms with Crippen LogP contribution < -0.4 is 9.62 Å². The van der Waals surface area contributed by atoms with Gasteiger partial charge in [-0.25, -0.2) is 8.42 Å². The first-order chi connectivity index (χ1) is 13.3. The molecule has 0 spiro atoms. The minimum Gasteiger partial charge on any atom is -0.348 e. The summed E-state index contributed by atoms with van der Waals surface area (Å²) >= 11 is 0. The van der Waals surface area contributed by atoms with Gasteiger partial charge in [-0.15, -0.1) is 0 Å². The van der Waals surface area contributed by atoms with Crippen LogP contribution in [0.2, 0.25) is 0 Å². The number of nitro groups is 1. The number of non-ortho nitro benzene ring substituents is 1. The molecular weight excluding hydrogens is 382 g/mol. The molecule has 0 radical (unpaired) electrons. The maximum absolute atomic E-state index is 12.6. The number of benzene rings is 2. The minimum absolute atomic E-state index is 0.0795. The summed E-state index contributed by atoms with van der Waals surface area (Å²) in [5, 5.41) is 13.9. The monoisotopic (exact) mass is 403 g/mol. The summed E-state index contributed by atoms with van der Waals surface area (Å²) in [6.45, 7) is -0.446. The molecule has 0 aliphatic heterocycles. The number of anilines is 1. The van der Waals surface area contributed by atoms with Crippen molar-refractivity contribution in [2.45, 2.75) is 25.3 Å². The lowest BCUT2D eigenvalue weighted by Crippen LogP contribution is -2.42. The standard InChI is InChI=1S/C19H21N3O5S/c1-28(26,27)21(15-8-5-9-16(12-15)22(24)25)13-19(23)20-18-11-4-7-14-6-2-3-10-17(14)18/h2-3,5-6,8-10,12,18H,4,7,11,13H2,1H3,(H,20,23)/t18-/m0/s1. The summed E-state index contributed by atoms with van der Waals surface area (Å²) in [7, 11) is -3.81. The summed E-state index contributed by atoms with van der Waals surface area (Å²) in [5.74, 6) is -0.460. The Morgan fingerprint density at radius 2 is 2.00 bits per heavy atom. The summed E-state index contributed by atoms with van der Waals surface area (Å²) in [5.41, 5.74) is 2.06. The number of nitro benzene ring substituents is 1.